The molecule has 0 saturated carbocycles. The number of benzene rings is 1. The van der Waals surface area contributed by atoms with Crippen LogP contribution in [-0.4, -0.2) is 113 Å². The molecule has 2 heterocycles. The molecule has 52 heavy (non-hydrogen) atoms. The third-order valence-electron chi connectivity index (χ3n) is 9.32. The van der Waals surface area contributed by atoms with Gasteiger partial charge in [-0.1, -0.05) is 50.6 Å². The van der Waals surface area contributed by atoms with Gasteiger partial charge in [0.15, 0.2) is 0 Å². The first-order chi connectivity index (χ1) is 24.7. The Morgan fingerprint density at radius 1 is 0.808 bits per heavy atom. The van der Waals surface area contributed by atoms with Crippen molar-refractivity contribution >= 4 is 59.0 Å². The topological polar surface area (TPSA) is 238 Å². The van der Waals surface area contributed by atoms with E-state index in [-0.39, 0.29) is 25.3 Å². The van der Waals surface area contributed by atoms with E-state index in [0.29, 0.717) is 30.6 Å². The summed E-state index contributed by atoms with van der Waals surface area (Å²) in [4.78, 5) is 109. The summed E-state index contributed by atoms with van der Waals surface area (Å²) in [5.41, 5.74) is 6.11. The summed E-state index contributed by atoms with van der Waals surface area (Å²) in [6.07, 6.45) is 2.72. The first-order valence-corrected chi connectivity index (χ1v) is 19.0. The van der Waals surface area contributed by atoms with Gasteiger partial charge >= 0.3 is 0 Å². The molecule has 1 aromatic carbocycles. The average Bonchev–Trinajstić information content (AvgIpc) is 3.61. The molecule has 0 aromatic heterocycles. The highest BCUT2D eigenvalue weighted by Gasteiger charge is 2.41. The Balaban J connectivity index is 2.05. The van der Waals surface area contributed by atoms with Crippen LogP contribution in [0.25, 0.3) is 0 Å². The highest BCUT2D eigenvalue weighted by Crippen LogP contribution is 2.22. The zero-order chi connectivity index (χ0) is 38.5. The quantitative estimate of drug-likeness (QED) is 0.162. The summed E-state index contributed by atoms with van der Waals surface area (Å²) in [5.74, 6) is -5.59. The molecule has 2 aliphatic heterocycles. The van der Waals surface area contributed by atoms with Crippen LogP contribution in [0, 0.1) is 5.92 Å². The van der Waals surface area contributed by atoms with Crippen LogP contribution in [0.15, 0.2) is 30.3 Å². The van der Waals surface area contributed by atoms with Crippen LogP contribution in [-0.2, 0) is 44.8 Å². The number of nitrogens with one attached hydrogen (secondary N) is 6. The molecule has 1 aromatic rings. The van der Waals surface area contributed by atoms with Gasteiger partial charge in [0.2, 0.25) is 47.3 Å². The number of hydrogen-bond acceptors (Lipinski definition) is 9. The van der Waals surface area contributed by atoms with Gasteiger partial charge in [-0.3, -0.25) is 38.4 Å². The Bertz CT molecular complexity index is 1480. The Labute approximate surface area is 308 Å². The molecule has 0 bridgehead atoms. The number of thioether (sulfide) groups is 1. The number of nitrogens with zero attached hydrogens (tertiary/aromatic N) is 1. The molecule has 286 valence electrons. The molecule has 16 nitrogen and oxygen atoms in total. The largest absolute Gasteiger partial charge is 0.370 e. The van der Waals surface area contributed by atoms with Gasteiger partial charge in [0.05, 0.1) is 6.42 Å². The number of primary amides is 1. The van der Waals surface area contributed by atoms with E-state index in [4.69, 9.17) is 5.73 Å². The first-order valence-electron chi connectivity index (χ1n) is 17.6. The van der Waals surface area contributed by atoms with Crippen molar-refractivity contribution in [3.63, 3.8) is 0 Å². The maximum absolute atomic E-state index is 14.1. The lowest BCUT2D eigenvalue weighted by Gasteiger charge is -2.32. The highest BCUT2D eigenvalue weighted by atomic mass is 32.2. The number of nitrogens with two attached hydrogens (primary N) is 1. The van der Waals surface area contributed by atoms with Gasteiger partial charge in [-0.15, -0.1) is 0 Å². The number of hydrogen-bond donors (Lipinski definition) is 7. The second-order valence-corrected chi connectivity index (χ2v) is 14.3. The lowest BCUT2D eigenvalue weighted by atomic mass is 9.96. The van der Waals surface area contributed by atoms with Crippen LogP contribution >= 0.6 is 11.8 Å². The molecular weight excluding hydrogens is 692 g/mol. The van der Waals surface area contributed by atoms with E-state index in [9.17, 15) is 38.4 Å². The van der Waals surface area contributed by atoms with Crippen LogP contribution < -0.4 is 37.6 Å². The highest BCUT2D eigenvalue weighted by molar-refractivity contribution is 7.98. The van der Waals surface area contributed by atoms with Crippen molar-refractivity contribution in [1.82, 2.24) is 36.8 Å². The van der Waals surface area contributed by atoms with E-state index in [0.717, 1.165) is 0 Å². The van der Waals surface area contributed by atoms with Crippen molar-refractivity contribution in [1.29, 1.82) is 0 Å². The Kier molecular flexibility index (Phi) is 15.9. The van der Waals surface area contributed by atoms with Gasteiger partial charge < -0.3 is 42.5 Å². The minimum Gasteiger partial charge on any atom is -0.370 e. The fourth-order valence-electron chi connectivity index (χ4n) is 6.01. The Morgan fingerprint density at radius 2 is 1.37 bits per heavy atom. The van der Waals surface area contributed by atoms with Gasteiger partial charge in [-0.05, 0) is 56.6 Å². The van der Waals surface area contributed by atoms with Crippen molar-refractivity contribution in [3.8, 4) is 0 Å². The smallest absolute Gasteiger partial charge is 0.246 e. The summed E-state index contributed by atoms with van der Waals surface area (Å²) in [5, 5.41) is 15.7. The summed E-state index contributed by atoms with van der Waals surface area (Å²) in [6, 6.07) is 0.650. The van der Waals surface area contributed by atoms with Gasteiger partial charge in [-0.2, -0.15) is 11.8 Å². The number of carbonyl (C=O) groups is 8. The van der Waals surface area contributed by atoms with Crippen molar-refractivity contribution in [3.05, 3.63) is 35.9 Å². The predicted molar refractivity (Wildman–Crippen MR) is 194 cm³/mol. The second kappa shape index (κ2) is 19.8. The minimum absolute atomic E-state index is 0.00466. The van der Waals surface area contributed by atoms with Crippen LogP contribution in [0.3, 0.4) is 0 Å². The maximum atomic E-state index is 14.1. The minimum atomic E-state index is -1.51. The zero-order valence-corrected chi connectivity index (χ0v) is 31.2. The molecule has 8 atom stereocenters. The van der Waals surface area contributed by atoms with Gasteiger partial charge in [-0.25, -0.2) is 0 Å². The molecule has 0 aliphatic carbocycles. The number of rotatable bonds is 9. The Morgan fingerprint density at radius 3 is 1.96 bits per heavy atom. The normalized spacial score (nSPS) is 27.8. The van der Waals surface area contributed by atoms with Crippen molar-refractivity contribution in [2.45, 2.75) is 109 Å². The number of carbonyl (C=O) groups excluding carboxylic acids is 8. The second-order valence-electron chi connectivity index (χ2n) is 13.3. The molecule has 8 amide bonds. The molecule has 2 aliphatic rings. The summed E-state index contributed by atoms with van der Waals surface area (Å²) in [6.45, 7) is 6.71. The van der Waals surface area contributed by atoms with E-state index >= 15 is 0 Å². The first kappa shape index (κ1) is 41.7. The van der Waals surface area contributed by atoms with Gasteiger partial charge in [0.25, 0.3) is 0 Å². The molecule has 3 rings (SSSR count). The van der Waals surface area contributed by atoms with E-state index in [1.165, 1.54) is 30.5 Å². The molecule has 17 heteroatoms. The molecule has 8 N–H and O–H groups in total. The van der Waals surface area contributed by atoms with Crippen LogP contribution in [0.5, 0.6) is 0 Å². The van der Waals surface area contributed by atoms with Crippen LogP contribution in [0.2, 0.25) is 0 Å². The lowest BCUT2D eigenvalue weighted by molar-refractivity contribution is -0.143. The van der Waals surface area contributed by atoms with E-state index in [1.807, 2.05) is 13.2 Å². The van der Waals surface area contributed by atoms with Crippen molar-refractivity contribution < 1.29 is 38.4 Å². The summed E-state index contributed by atoms with van der Waals surface area (Å²) in [7, 11) is 0. The monoisotopic (exact) mass is 744 g/mol. The van der Waals surface area contributed by atoms with E-state index < -0.39 is 96.0 Å². The number of amides is 8. The molecule has 0 radical (unpaired) electrons. The molecule has 2 fully saturated rings. The van der Waals surface area contributed by atoms with Gasteiger partial charge in [0.1, 0.15) is 42.3 Å². The SMILES string of the molecule is CCC(C)C1NC(=O)C(C)NC(=O)C(CCSC)NC(=O)C(C)NC(=O)[C@@H](CC(N)=O)NC(=O)C(Cc2ccccc2)NC(=O)C2CCCN2C1=O. The third-order valence-corrected chi connectivity index (χ3v) is 9.96. The maximum Gasteiger partial charge on any atom is 0.246 e. The summed E-state index contributed by atoms with van der Waals surface area (Å²) >= 11 is 1.44. The van der Waals surface area contributed by atoms with Crippen LogP contribution in [0.4, 0.5) is 0 Å². The Hall–Kier alpha value is -4.67. The fourth-order valence-corrected chi connectivity index (χ4v) is 6.48. The average molecular weight is 745 g/mol. The van der Waals surface area contributed by atoms with Crippen LogP contribution in [0.1, 0.15) is 65.4 Å². The molecule has 7 unspecified atom stereocenters. The zero-order valence-electron chi connectivity index (χ0n) is 30.4. The van der Waals surface area contributed by atoms with Crippen molar-refractivity contribution in [2.75, 3.05) is 18.6 Å². The fraction of sp³-hybridized carbons (Fsp3) is 0.600. The standard InChI is InChI=1S/C35H52N8O8S/c1-6-19(2)28-35(51)43-15-10-13-26(43)34(50)41-24(17-22-11-8-7-9-12-22)33(49)40-25(18-27(36)44)32(48)38-20(3)29(45)39-23(14-16-52-5)31(47)37-21(4)30(46)42-28/h7-9,11-12,19-21,23-26,28H,6,10,13-18H2,1-5H3,(H2,36,44)(H,37,47)(H,38,48)(H,39,45)(H,40,49)(H,41,50)(H,42,46)/t19?,20?,21?,23?,24?,25-,26?,28?/m1/s1. The third kappa shape index (κ3) is 11.7. The van der Waals surface area contributed by atoms with Crippen molar-refractivity contribution in [2.24, 2.45) is 11.7 Å². The molecule has 2 saturated heterocycles. The lowest BCUT2D eigenvalue weighted by Crippen LogP contribution is -2.60. The van der Waals surface area contributed by atoms with Gasteiger partial charge in [0, 0.05) is 13.0 Å². The predicted octanol–water partition coefficient (Wildman–Crippen LogP) is -1.14. The summed E-state index contributed by atoms with van der Waals surface area (Å²) < 4.78 is 0. The number of fused-ring (bicyclic) bond motifs is 1. The van der Waals surface area contributed by atoms with E-state index in [1.54, 1.807) is 37.3 Å². The van der Waals surface area contributed by atoms with E-state index in [2.05, 4.69) is 31.9 Å². The molecular formula is C35H52N8O8S. The molecule has 0 spiro atoms.